The zero-order valence-electron chi connectivity index (χ0n) is 16.6. The van der Waals surface area contributed by atoms with E-state index in [2.05, 4.69) is 10.6 Å². The van der Waals surface area contributed by atoms with E-state index in [-0.39, 0.29) is 40.1 Å². The fraction of sp³-hybridized carbons (Fsp3) is 0.261. The number of fused-ring (bicyclic) bond motifs is 2. The highest BCUT2D eigenvalue weighted by Crippen LogP contribution is 2.31. The van der Waals surface area contributed by atoms with Crippen LogP contribution < -0.4 is 10.6 Å². The zero-order valence-corrected chi connectivity index (χ0v) is 16.6. The van der Waals surface area contributed by atoms with Crippen LogP contribution in [-0.4, -0.2) is 40.5 Å². The molecular weight excluding hydrogens is 398 g/mol. The average Bonchev–Trinajstić information content (AvgIpc) is 3.20. The number of nitrogens with one attached hydrogen (secondary N) is 2. The highest BCUT2D eigenvalue weighted by molar-refractivity contribution is 6.23. The van der Waals surface area contributed by atoms with Gasteiger partial charge in [0.2, 0.25) is 0 Å². The Balaban J connectivity index is 1.38. The Morgan fingerprint density at radius 3 is 2.26 bits per heavy atom. The number of hydrogen-bond acceptors (Lipinski definition) is 5. The van der Waals surface area contributed by atoms with Crippen molar-refractivity contribution < 1.29 is 24.0 Å². The molecule has 0 unspecified atom stereocenters. The van der Waals surface area contributed by atoms with Gasteiger partial charge in [-0.05, 0) is 49.2 Å². The topological polar surface area (TPSA) is 113 Å². The number of benzene rings is 2. The van der Waals surface area contributed by atoms with Gasteiger partial charge in [0.25, 0.3) is 29.5 Å². The Labute approximate surface area is 177 Å². The zero-order chi connectivity index (χ0) is 21.7. The summed E-state index contributed by atoms with van der Waals surface area (Å²) in [7, 11) is 0. The Kier molecular flexibility index (Phi) is 4.43. The molecule has 156 valence electrons. The molecule has 31 heavy (non-hydrogen) atoms. The number of anilines is 1. The summed E-state index contributed by atoms with van der Waals surface area (Å²) in [6.07, 6.45) is 4.73. The van der Waals surface area contributed by atoms with Crippen LogP contribution in [0.15, 0.2) is 36.4 Å². The first kappa shape index (κ1) is 19.2. The molecule has 1 aliphatic carbocycles. The molecule has 0 atom stereocenters. The summed E-state index contributed by atoms with van der Waals surface area (Å²) in [4.78, 5) is 63.3. The van der Waals surface area contributed by atoms with E-state index in [4.69, 9.17) is 0 Å². The van der Waals surface area contributed by atoms with Crippen molar-refractivity contribution in [3.05, 3.63) is 64.2 Å². The highest BCUT2D eigenvalue weighted by Gasteiger charge is 2.40. The van der Waals surface area contributed by atoms with E-state index in [1.807, 2.05) is 0 Å². The quantitative estimate of drug-likeness (QED) is 0.746. The maximum absolute atomic E-state index is 12.9. The Morgan fingerprint density at radius 2 is 1.48 bits per heavy atom. The van der Waals surface area contributed by atoms with Crippen molar-refractivity contribution in [1.29, 1.82) is 0 Å². The van der Waals surface area contributed by atoms with Crippen LogP contribution in [0.25, 0.3) is 0 Å². The van der Waals surface area contributed by atoms with Crippen LogP contribution in [0.2, 0.25) is 0 Å². The van der Waals surface area contributed by atoms with Gasteiger partial charge >= 0.3 is 0 Å². The normalized spacial score (nSPS) is 18.1. The van der Waals surface area contributed by atoms with Crippen molar-refractivity contribution in [3.63, 3.8) is 0 Å². The van der Waals surface area contributed by atoms with Crippen LogP contribution in [0.4, 0.5) is 5.69 Å². The third-order valence-electron chi connectivity index (χ3n) is 6.11. The molecule has 0 aromatic heterocycles. The highest BCUT2D eigenvalue weighted by atomic mass is 16.2. The van der Waals surface area contributed by atoms with Gasteiger partial charge in [-0.15, -0.1) is 0 Å². The van der Waals surface area contributed by atoms with Gasteiger partial charge in [-0.1, -0.05) is 19.3 Å². The Hall–Kier alpha value is -3.81. The second-order valence-corrected chi connectivity index (χ2v) is 8.03. The van der Waals surface area contributed by atoms with Crippen LogP contribution in [0.3, 0.4) is 0 Å². The second-order valence-electron chi connectivity index (χ2n) is 8.03. The summed E-state index contributed by atoms with van der Waals surface area (Å²) in [6.45, 7) is 0. The monoisotopic (exact) mass is 417 g/mol. The van der Waals surface area contributed by atoms with Crippen molar-refractivity contribution >= 4 is 35.2 Å². The molecule has 5 amide bonds. The molecule has 2 heterocycles. The molecule has 2 aliphatic heterocycles. The Morgan fingerprint density at radius 1 is 0.806 bits per heavy atom. The van der Waals surface area contributed by atoms with Crippen LogP contribution in [0, 0.1) is 0 Å². The molecule has 2 aromatic carbocycles. The first-order valence-electron chi connectivity index (χ1n) is 10.3. The van der Waals surface area contributed by atoms with Gasteiger partial charge in [0.1, 0.15) is 0 Å². The van der Waals surface area contributed by atoms with Crippen molar-refractivity contribution in [1.82, 2.24) is 10.2 Å². The predicted molar refractivity (Wildman–Crippen MR) is 110 cm³/mol. The molecule has 0 spiro atoms. The minimum absolute atomic E-state index is 0.0845. The lowest BCUT2D eigenvalue weighted by Crippen LogP contribution is -2.40. The number of amides is 5. The summed E-state index contributed by atoms with van der Waals surface area (Å²) in [5, 5.41) is 4.87. The van der Waals surface area contributed by atoms with Crippen molar-refractivity contribution in [2.24, 2.45) is 0 Å². The van der Waals surface area contributed by atoms with E-state index in [9.17, 15) is 24.0 Å². The molecule has 1 fully saturated rings. The largest absolute Gasteiger partial charge is 0.322 e. The van der Waals surface area contributed by atoms with Gasteiger partial charge in [0.05, 0.1) is 22.3 Å². The van der Waals surface area contributed by atoms with E-state index < -0.39 is 17.7 Å². The summed E-state index contributed by atoms with van der Waals surface area (Å²) in [6, 6.07) is 8.81. The fourth-order valence-corrected chi connectivity index (χ4v) is 4.52. The number of hydrogen-bond donors (Lipinski definition) is 2. The second kappa shape index (κ2) is 7.16. The van der Waals surface area contributed by atoms with E-state index >= 15 is 0 Å². The fourth-order valence-electron chi connectivity index (χ4n) is 4.52. The molecular formula is C23H19N3O5. The smallest absolute Gasteiger partial charge is 0.261 e. The van der Waals surface area contributed by atoms with E-state index in [0.29, 0.717) is 11.3 Å². The summed E-state index contributed by atoms with van der Waals surface area (Å²) in [5.41, 5.74) is 1.59. The number of imide groups is 2. The minimum Gasteiger partial charge on any atom is -0.322 e. The van der Waals surface area contributed by atoms with Gasteiger partial charge in [-0.2, -0.15) is 0 Å². The summed E-state index contributed by atoms with van der Waals surface area (Å²) < 4.78 is 0. The molecule has 3 aliphatic rings. The lowest BCUT2D eigenvalue weighted by atomic mass is 9.94. The molecule has 1 saturated carbocycles. The van der Waals surface area contributed by atoms with Gasteiger partial charge in [0, 0.05) is 17.3 Å². The molecule has 2 aromatic rings. The molecule has 0 radical (unpaired) electrons. The SMILES string of the molecule is O=C(Nc1ccc2c(c1)C(=O)NC2=O)c1ccc2c(c1)C(=O)N(C1CCCCC1)C2=O. The maximum Gasteiger partial charge on any atom is 0.261 e. The third kappa shape index (κ3) is 3.11. The average molecular weight is 417 g/mol. The number of carbonyl (C=O) groups excluding carboxylic acids is 5. The lowest BCUT2D eigenvalue weighted by molar-refractivity contribution is 0.0548. The van der Waals surface area contributed by atoms with Crippen molar-refractivity contribution in [2.75, 3.05) is 5.32 Å². The van der Waals surface area contributed by atoms with Crippen molar-refractivity contribution in [2.45, 2.75) is 38.1 Å². The summed E-state index contributed by atoms with van der Waals surface area (Å²) >= 11 is 0. The number of carbonyl (C=O) groups is 5. The van der Waals surface area contributed by atoms with Crippen LogP contribution in [0.5, 0.6) is 0 Å². The maximum atomic E-state index is 12.9. The molecule has 2 N–H and O–H groups in total. The predicted octanol–water partition coefficient (Wildman–Crippen LogP) is 2.75. The van der Waals surface area contributed by atoms with Gasteiger partial charge < -0.3 is 5.32 Å². The van der Waals surface area contributed by atoms with E-state index in [0.717, 1.165) is 32.1 Å². The third-order valence-corrected chi connectivity index (χ3v) is 6.11. The van der Waals surface area contributed by atoms with Crippen molar-refractivity contribution in [3.8, 4) is 0 Å². The first-order chi connectivity index (χ1) is 14.9. The van der Waals surface area contributed by atoms with Crippen LogP contribution in [-0.2, 0) is 0 Å². The standard InChI is InChI=1S/C23H19N3O5/c27-19(24-13-7-9-15-17(11-13)21(29)25-20(15)28)12-6-8-16-18(10-12)23(31)26(22(16)30)14-4-2-1-3-5-14/h6-11,14H,1-5H2,(H,24,27)(H,25,28,29). The lowest BCUT2D eigenvalue weighted by Gasteiger charge is -2.29. The van der Waals surface area contributed by atoms with Gasteiger partial charge in [0.15, 0.2) is 0 Å². The van der Waals surface area contributed by atoms with Gasteiger partial charge in [-0.3, -0.25) is 34.2 Å². The van der Waals surface area contributed by atoms with Crippen LogP contribution in [0.1, 0.15) is 83.9 Å². The summed E-state index contributed by atoms with van der Waals surface area (Å²) in [5.74, 6) is -2.12. The van der Waals surface area contributed by atoms with E-state index in [1.54, 1.807) is 0 Å². The number of nitrogens with zero attached hydrogens (tertiary/aromatic N) is 1. The van der Waals surface area contributed by atoms with Crippen LogP contribution >= 0.6 is 0 Å². The molecule has 8 heteroatoms. The molecule has 0 saturated heterocycles. The molecule has 8 nitrogen and oxygen atoms in total. The Bertz CT molecular complexity index is 1180. The number of rotatable bonds is 3. The molecule has 0 bridgehead atoms. The molecule has 5 rings (SSSR count). The van der Waals surface area contributed by atoms with Gasteiger partial charge in [-0.25, -0.2) is 0 Å². The van der Waals surface area contributed by atoms with E-state index in [1.165, 1.54) is 41.3 Å². The first-order valence-corrected chi connectivity index (χ1v) is 10.3. The minimum atomic E-state index is -0.513.